The Morgan fingerprint density at radius 1 is 1.29 bits per heavy atom. The number of aryl methyl sites for hydroxylation is 1. The van der Waals surface area contributed by atoms with Crippen molar-refractivity contribution in [1.29, 1.82) is 0 Å². The molecular weight excluding hydrogens is 377 g/mol. The van der Waals surface area contributed by atoms with Gasteiger partial charge < -0.3 is 9.64 Å². The van der Waals surface area contributed by atoms with Crippen LogP contribution in [-0.2, 0) is 18.4 Å². The average molecular weight is 396 g/mol. The Balaban J connectivity index is 1.55. The third-order valence-corrected chi connectivity index (χ3v) is 4.99. The number of halogens is 2. The van der Waals surface area contributed by atoms with Crippen molar-refractivity contribution < 1.29 is 9.13 Å². The molecule has 0 bridgehead atoms. The van der Waals surface area contributed by atoms with Crippen LogP contribution in [0.1, 0.15) is 18.4 Å². The molecule has 0 saturated carbocycles. The minimum Gasteiger partial charge on any atom is -0.373 e. The first-order chi connectivity index (χ1) is 11.5. The van der Waals surface area contributed by atoms with Crippen LogP contribution in [0.15, 0.2) is 39.7 Å². The number of aromatic nitrogens is 2. The molecule has 1 fully saturated rings. The van der Waals surface area contributed by atoms with Crippen LogP contribution in [0, 0.1) is 5.82 Å². The van der Waals surface area contributed by atoms with Gasteiger partial charge in [-0.25, -0.2) is 9.07 Å². The highest BCUT2D eigenvalue weighted by Crippen LogP contribution is 2.26. The Bertz CT molecular complexity index is 755. The van der Waals surface area contributed by atoms with Crippen LogP contribution >= 0.6 is 15.9 Å². The normalized spacial score (nSPS) is 15.7. The molecule has 24 heavy (non-hydrogen) atoms. The van der Waals surface area contributed by atoms with Crippen LogP contribution < -0.4 is 10.5 Å². The molecule has 1 aromatic carbocycles. The summed E-state index contributed by atoms with van der Waals surface area (Å²) in [5.74, 6) is -0.236. The molecule has 5 nitrogen and oxygen atoms in total. The van der Waals surface area contributed by atoms with Gasteiger partial charge in [-0.2, -0.15) is 5.10 Å². The largest absolute Gasteiger partial charge is 0.373 e. The lowest BCUT2D eigenvalue weighted by atomic mass is 10.1. The first-order valence-corrected chi connectivity index (χ1v) is 8.66. The summed E-state index contributed by atoms with van der Waals surface area (Å²) in [5, 5.41) is 4.09. The van der Waals surface area contributed by atoms with Gasteiger partial charge in [-0.1, -0.05) is 12.1 Å². The Labute approximate surface area is 148 Å². The minimum absolute atomic E-state index is 0.137. The molecule has 0 atom stereocenters. The molecule has 1 saturated heterocycles. The molecule has 1 aliphatic heterocycles. The maximum atomic E-state index is 12.9. The summed E-state index contributed by atoms with van der Waals surface area (Å²) >= 11 is 3.37. The van der Waals surface area contributed by atoms with E-state index in [9.17, 15) is 9.18 Å². The van der Waals surface area contributed by atoms with Crippen molar-refractivity contribution in [1.82, 2.24) is 9.78 Å². The second kappa shape index (κ2) is 7.44. The van der Waals surface area contributed by atoms with Crippen molar-refractivity contribution in [2.75, 3.05) is 18.0 Å². The third-order valence-electron chi connectivity index (χ3n) is 4.24. The van der Waals surface area contributed by atoms with E-state index in [2.05, 4.69) is 25.9 Å². The van der Waals surface area contributed by atoms with Gasteiger partial charge >= 0.3 is 0 Å². The predicted molar refractivity (Wildman–Crippen MR) is 93.6 cm³/mol. The fourth-order valence-corrected chi connectivity index (χ4v) is 3.39. The average Bonchev–Trinajstić information content (AvgIpc) is 2.60. The van der Waals surface area contributed by atoms with Crippen LogP contribution in [0.2, 0.25) is 0 Å². The van der Waals surface area contributed by atoms with E-state index in [1.807, 2.05) is 0 Å². The maximum Gasteiger partial charge on any atom is 0.282 e. The number of nitrogens with zero attached hydrogens (tertiary/aromatic N) is 3. The number of hydrogen-bond acceptors (Lipinski definition) is 4. The van der Waals surface area contributed by atoms with E-state index >= 15 is 0 Å². The van der Waals surface area contributed by atoms with E-state index in [4.69, 9.17) is 4.74 Å². The summed E-state index contributed by atoms with van der Waals surface area (Å²) in [6.45, 7) is 2.10. The Morgan fingerprint density at radius 3 is 2.62 bits per heavy atom. The lowest BCUT2D eigenvalue weighted by Gasteiger charge is -2.33. The fraction of sp³-hybridized carbons (Fsp3) is 0.412. The molecule has 0 amide bonds. The van der Waals surface area contributed by atoms with Crippen LogP contribution in [0.4, 0.5) is 10.1 Å². The van der Waals surface area contributed by atoms with Gasteiger partial charge in [0.1, 0.15) is 10.3 Å². The second-order valence-corrected chi connectivity index (χ2v) is 6.69. The SMILES string of the molecule is Cn1ncc(N2CCC(OCc3ccc(F)cc3)CC2)c(Br)c1=O. The maximum absolute atomic E-state index is 12.9. The zero-order valence-electron chi connectivity index (χ0n) is 13.4. The quantitative estimate of drug-likeness (QED) is 0.798. The molecule has 2 aromatic rings. The number of hydrogen-bond donors (Lipinski definition) is 0. The predicted octanol–water partition coefficient (Wildman–Crippen LogP) is 2.87. The molecule has 1 aromatic heterocycles. The molecule has 0 N–H and O–H groups in total. The monoisotopic (exact) mass is 395 g/mol. The smallest absolute Gasteiger partial charge is 0.282 e. The van der Waals surface area contributed by atoms with Crippen molar-refractivity contribution in [3.8, 4) is 0 Å². The van der Waals surface area contributed by atoms with Crippen molar-refractivity contribution >= 4 is 21.6 Å². The van der Waals surface area contributed by atoms with Crippen LogP contribution in [0.3, 0.4) is 0 Å². The minimum atomic E-state index is -0.236. The molecular formula is C17H19BrFN3O2. The lowest BCUT2D eigenvalue weighted by Crippen LogP contribution is -2.38. The number of ether oxygens (including phenoxy) is 1. The standard InChI is InChI=1S/C17H19BrFN3O2/c1-21-17(23)16(18)15(10-20-21)22-8-6-14(7-9-22)24-11-12-2-4-13(19)5-3-12/h2-5,10,14H,6-9,11H2,1H3. The summed E-state index contributed by atoms with van der Waals surface area (Å²) in [6, 6.07) is 6.38. The van der Waals surface area contributed by atoms with Crippen molar-refractivity contribution in [2.45, 2.75) is 25.6 Å². The van der Waals surface area contributed by atoms with E-state index in [1.165, 1.54) is 16.8 Å². The first-order valence-electron chi connectivity index (χ1n) is 7.87. The summed E-state index contributed by atoms with van der Waals surface area (Å²) in [7, 11) is 1.63. The van der Waals surface area contributed by atoms with E-state index < -0.39 is 0 Å². The molecule has 1 aliphatic rings. The summed E-state index contributed by atoms with van der Waals surface area (Å²) in [6.07, 6.45) is 3.64. The van der Waals surface area contributed by atoms with Crippen molar-refractivity contribution in [3.63, 3.8) is 0 Å². The lowest BCUT2D eigenvalue weighted by molar-refractivity contribution is 0.0251. The van der Waals surface area contributed by atoms with Crippen LogP contribution in [-0.4, -0.2) is 29.0 Å². The summed E-state index contributed by atoms with van der Waals surface area (Å²) in [5.41, 5.74) is 1.66. The zero-order chi connectivity index (χ0) is 17.1. The van der Waals surface area contributed by atoms with Gasteiger partial charge in [0.2, 0.25) is 0 Å². The number of anilines is 1. The fourth-order valence-electron chi connectivity index (χ4n) is 2.78. The van der Waals surface area contributed by atoms with E-state index in [0.717, 1.165) is 37.2 Å². The third kappa shape index (κ3) is 3.84. The van der Waals surface area contributed by atoms with Crippen LogP contribution in [0.5, 0.6) is 0 Å². The molecule has 0 spiro atoms. The van der Waals surface area contributed by atoms with Gasteiger partial charge in [0.15, 0.2) is 0 Å². The summed E-state index contributed by atoms with van der Waals surface area (Å²) < 4.78 is 20.7. The van der Waals surface area contributed by atoms with E-state index in [1.54, 1.807) is 25.4 Å². The topological polar surface area (TPSA) is 47.4 Å². The molecule has 0 aliphatic carbocycles. The van der Waals surface area contributed by atoms with Gasteiger partial charge in [-0.05, 0) is 46.5 Å². The molecule has 3 rings (SSSR count). The van der Waals surface area contributed by atoms with Crippen LogP contribution in [0.25, 0.3) is 0 Å². The molecule has 2 heterocycles. The Morgan fingerprint density at radius 2 is 1.96 bits per heavy atom. The Hall–Kier alpha value is -1.73. The Kier molecular flexibility index (Phi) is 5.30. The van der Waals surface area contributed by atoms with Crippen molar-refractivity contribution in [3.05, 3.63) is 56.7 Å². The van der Waals surface area contributed by atoms with Gasteiger partial charge in [0.05, 0.1) is 24.6 Å². The highest BCUT2D eigenvalue weighted by atomic mass is 79.9. The van der Waals surface area contributed by atoms with E-state index in [-0.39, 0.29) is 17.5 Å². The van der Waals surface area contributed by atoms with Gasteiger partial charge in [-0.15, -0.1) is 0 Å². The van der Waals surface area contributed by atoms with E-state index in [0.29, 0.717) is 11.1 Å². The number of rotatable bonds is 4. The van der Waals surface area contributed by atoms with Crippen molar-refractivity contribution in [2.24, 2.45) is 7.05 Å². The highest BCUT2D eigenvalue weighted by Gasteiger charge is 2.22. The number of piperidine rings is 1. The number of benzene rings is 1. The second-order valence-electron chi connectivity index (χ2n) is 5.90. The first kappa shape index (κ1) is 17.1. The van der Waals surface area contributed by atoms with Gasteiger partial charge in [0.25, 0.3) is 5.56 Å². The molecule has 0 unspecified atom stereocenters. The van der Waals surface area contributed by atoms with Gasteiger partial charge in [0, 0.05) is 20.1 Å². The molecule has 128 valence electrons. The molecule has 7 heteroatoms. The zero-order valence-corrected chi connectivity index (χ0v) is 15.0. The van der Waals surface area contributed by atoms with Gasteiger partial charge in [-0.3, -0.25) is 4.79 Å². The molecule has 0 radical (unpaired) electrons. The highest BCUT2D eigenvalue weighted by molar-refractivity contribution is 9.10. The summed E-state index contributed by atoms with van der Waals surface area (Å²) in [4.78, 5) is 14.1.